The van der Waals surface area contributed by atoms with Gasteiger partial charge in [0.05, 0.1) is 12.6 Å². The van der Waals surface area contributed by atoms with Gasteiger partial charge in [0, 0.05) is 16.5 Å². The Morgan fingerprint density at radius 2 is 2.14 bits per heavy atom. The monoisotopic (exact) mass is 345 g/mol. The second-order valence-electron chi connectivity index (χ2n) is 5.49. The molecule has 0 saturated heterocycles. The summed E-state index contributed by atoms with van der Waals surface area (Å²) >= 11 is 3.64. The van der Waals surface area contributed by atoms with Crippen molar-refractivity contribution in [2.24, 2.45) is 0 Å². The SMILES string of the molecule is CCNC(c1cccc(C)c1)c1cc(Br)cc2c1OCC2. The first-order chi connectivity index (χ1) is 10.2. The van der Waals surface area contributed by atoms with E-state index in [0.29, 0.717) is 0 Å². The molecule has 0 aliphatic carbocycles. The van der Waals surface area contributed by atoms with Crippen molar-refractivity contribution in [1.29, 1.82) is 0 Å². The third-order valence-corrected chi connectivity index (χ3v) is 4.33. The van der Waals surface area contributed by atoms with Crippen LogP contribution in [0.15, 0.2) is 40.9 Å². The summed E-state index contributed by atoms with van der Waals surface area (Å²) in [5, 5.41) is 3.60. The summed E-state index contributed by atoms with van der Waals surface area (Å²) in [4.78, 5) is 0. The van der Waals surface area contributed by atoms with Gasteiger partial charge >= 0.3 is 0 Å². The maximum atomic E-state index is 5.90. The van der Waals surface area contributed by atoms with E-state index in [-0.39, 0.29) is 6.04 Å². The predicted octanol–water partition coefficient (Wildman–Crippen LogP) is 4.39. The molecule has 0 amide bonds. The number of aryl methyl sites for hydroxylation is 1. The van der Waals surface area contributed by atoms with E-state index in [1.807, 2.05) is 0 Å². The Morgan fingerprint density at radius 1 is 1.29 bits per heavy atom. The molecule has 0 radical (unpaired) electrons. The van der Waals surface area contributed by atoms with E-state index in [2.05, 4.69) is 71.5 Å². The van der Waals surface area contributed by atoms with E-state index in [4.69, 9.17) is 4.74 Å². The Balaban J connectivity index is 2.10. The van der Waals surface area contributed by atoms with E-state index in [1.54, 1.807) is 0 Å². The van der Waals surface area contributed by atoms with Crippen LogP contribution in [0.4, 0.5) is 0 Å². The summed E-state index contributed by atoms with van der Waals surface area (Å²) in [6, 6.07) is 13.2. The predicted molar refractivity (Wildman–Crippen MR) is 90.0 cm³/mol. The van der Waals surface area contributed by atoms with Gasteiger partial charge in [0.2, 0.25) is 0 Å². The first-order valence-corrected chi connectivity index (χ1v) is 8.23. The zero-order valence-electron chi connectivity index (χ0n) is 12.4. The van der Waals surface area contributed by atoms with Crippen LogP contribution in [0.25, 0.3) is 0 Å². The lowest BCUT2D eigenvalue weighted by Crippen LogP contribution is -2.22. The van der Waals surface area contributed by atoms with Gasteiger partial charge in [-0.2, -0.15) is 0 Å². The average Bonchev–Trinajstić information content (AvgIpc) is 2.92. The Labute approximate surface area is 134 Å². The van der Waals surface area contributed by atoms with Crippen molar-refractivity contribution in [2.45, 2.75) is 26.3 Å². The zero-order valence-corrected chi connectivity index (χ0v) is 14.0. The second kappa shape index (κ2) is 6.20. The van der Waals surface area contributed by atoms with E-state index < -0.39 is 0 Å². The van der Waals surface area contributed by atoms with Gasteiger partial charge in [-0.25, -0.2) is 0 Å². The minimum Gasteiger partial charge on any atom is -0.493 e. The van der Waals surface area contributed by atoms with Crippen LogP contribution in [0.3, 0.4) is 0 Å². The van der Waals surface area contributed by atoms with Crippen LogP contribution in [0.5, 0.6) is 5.75 Å². The second-order valence-corrected chi connectivity index (χ2v) is 6.40. The summed E-state index contributed by atoms with van der Waals surface area (Å²) in [5.74, 6) is 1.06. The fourth-order valence-electron chi connectivity index (χ4n) is 2.97. The average molecular weight is 346 g/mol. The molecule has 1 unspecified atom stereocenters. The summed E-state index contributed by atoms with van der Waals surface area (Å²) < 4.78 is 7.03. The fraction of sp³-hybridized carbons (Fsp3) is 0.333. The van der Waals surface area contributed by atoms with Crippen molar-refractivity contribution >= 4 is 15.9 Å². The van der Waals surface area contributed by atoms with Gasteiger partial charge in [0.15, 0.2) is 0 Å². The van der Waals surface area contributed by atoms with E-state index in [9.17, 15) is 0 Å². The molecule has 0 spiro atoms. The van der Waals surface area contributed by atoms with E-state index in [1.165, 1.54) is 22.3 Å². The van der Waals surface area contributed by atoms with Crippen molar-refractivity contribution in [1.82, 2.24) is 5.32 Å². The van der Waals surface area contributed by atoms with Crippen LogP contribution in [0, 0.1) is 6.92 Å². The minimum atomic E-state index is 0.166. The summed E-state index contributed by atoms with van der Waals surface area (Å²) in [5.41, 5.74) is 5.09. The third-order valence-electron chi connectivity index (χ3n) is 3.87. The van der Waals surface area contributed by atoms with Crippen molar-refractivity contribution in [3.8, 4) is 5.75 Å². The quantitative estimate of drug-likeness (QED) is 0.887. The molecule has 1 atom stereocenters. The first-order valence-electron chi connectivity index (χ1n) is 7.44. The molecule has 0 bridgehead atoms. The lowest BCUT2D eigenvalue weighted by molar-refractivity contribution is 0.350. The molecule has 0 aromatic heterocycles. The van der Waals surface area contributed by atoms with Crippen molar-refractivity contribution in [2.75, 3.05) is 13.2 Å². The van der Waals surface area contributed by atoms with Crippen LogP contribution >= 0.6 is 15.9 Å². The van der Waals surface area contributed by atoms with Crippen molar-refractivity contribution in [3.63, 3.8) is 0 Å². The topological polar surface area (TPSA) is 21.3 Å². The van der Waals surface area contributed by atoms with Crippen molar-refractivity contribution in [3.05, 3.63) is 63.1 Å². The number of benzene rings is 2. The molecular formula is C18H20BrNO. The van der Waals surface area contributed by atoms with Gasteiger partial charge in [-0.1, -0.05) is 52.7 Å². The molecule has 21 heavy (non-hydrogen) atoms. The maximum absolute atomic E-state index is 5.90. The van der Waals surface area contributed by atoms with Gasteiger partial charge in [-0.15, -0.1) is 0 Å². The fourth-order valence-corrected chi connectivity index (χ4v) is 3.50. The van der Waals surface area contributed by atoms with Gasteiger partial charge in [-0.3, -0.25) is 0 Å². The summed E-state index contributed by atoms with van der Waals surface area (Å²) in [6.07, 6.45) is 0.994. The van der Waals surface area contributed by atoms with Crippen LogP contribution in [-0.4, -0.2) is 13.2 Å². The molecular weight excluding hydrogens is 326 g/mol. The Kier molecular flexibility index (Phi) is 4.32. The molecule has 0 saturated carbocycles. The van der Waals surface area contributed by atoms with Crippen LogP contribution in [-0.2, 0) is 6.42 Å². The Bertz CT molecular complexity index is 654. The standard InChI is InChI=1S/C18H20BrNO/c1-3-20-17(13-6-4-5-12(2)9-13)16-11-15(19)10-14-7-8-21-18(14)16/h4-6,9-11,17,20H,3,7-8H2,1-2H3. The Morgan fingerprint density at radius 3 is 2.90 bits per heavy atom. The molecule has 2 aromatic rings. The van der Waals surface area contributed by atoms with Crippen molar-refractivity contribution < 1.29 is 4.74 Å². The molecule has 2 aromatic carbocycles. The number of fused-ring (bicyclic) bond motifs is 1. The highest BCUT2D eigenvalue weighted by atomic mass is 79.9. The van der Waals surface area contributed by atoms with E-state index >= 15 is 0 Å². The molecule has 2 nitrogen and oxygen atoms in total. The van der Waals surface area contributed by atoms with Gasteiger partial charge in [0.1, 0.15) is 5.75 Å². The highest BCUT2D eigenvalue weighted by molar-refractivity contribution is 9.10. The van der Waals surface area contributed by atoms with Gasteiger partial charge in [0.25, 0.3) is 0 Å². The molecule has 110 valence electrons. The van der Waals surface area contributed by atoms with Gasteiger partial charge in [-0.05, 0) is 36.7 Å². The highest BCUT2D eigenvalue weighted by Crippen LogP contribution is 2.38. The molecule has 1 aliphatic heterocycles. The molecule has 1 aliphatic rings. The number of hydrogen-bond acceptors (Lipinski definition) is 2. The normalized spacial score (nSPS) is 14.6. The van der Waals surface area contributed by atoms with E-state index in [0.717, 1.165) is 29.8 Å². The largest absolute Gasteiger partial charge is 0.493 e. The lowest BCUT2D eigenvalue weighted by atomic mass is 9.95. The first kappa shape index (κ1) is 14.6. The number of hydrogen-bond donors (Lipinski definition) is 1. The third kappa shape index (κ3) is 2.99. The molecule has 1 N–H and O–H groups in total. The maximum Gasteiger partial charge on any atom is 0.127 e. The molecule has 0 fully saturated rings. The van der Waals surface area contributed by atoms with Crippen LogP contribution in [0.1, 0.15) is 35.2 Å². The number of halogens is 1. The molecule has 3 heteroatoms. The summed E-state index contributed by atoms with van der Waals surface area (Å²) in [6.45, 7) is 5.97. The zero-order chi connectivity index (χ0) is 14.8. The lowest BCUT2D eigenvalue weighted by Gasteiger charge is -2.22. The van der Waals surface area contributed by atoms with Crippen LogP contribution < -0.4 is 10.1 Å². The van der Waals surface area contributed by atoms with Crippen LogP contribution in [0.2, 0.25) is 0 Å². The number of nitrogens with one attached hydrogen (secondary N) is 1. The highest BCUT2D eigenvalue weighted by Gasteiger charge is 2.24. The summed E-state index contributed by atoms with van der Waals surface area (Å²) in [7, 11) is 0. The smallest absolute Gasteiger partial charge is 0.127 e. The number of ether oxygens (including phenoxy) is 1. The van der Waals surface area contributed by atoms with Gasteiger partial charge < -0.3 is 10.1 Å². The Hall–Kier alpha value is -1.32. The minimum absolute atomic E-state index is 0.166. The number of rotatable bonds is 4. The molecule has 3 rings (SSSR count). The molecule has 1 heterocycles.